The molecule has 3 aliphatic rings. The number of carbonyl (C=O) groups excluding carboxylic acids is 1. The average Bonchev–Trinajstić information content (AvgIpc) is 3.58. The van der Waals surface area contributed by atoms with Crippen molar-refractivity contribution < 1.29 is 14.1 Å². The first-order valence-corrected chi connectivity index (χ1v) is 13.3. The van der Waals surface area contributed by atoms with Gasteiger partial charge in [-0.2, -0.15) is 0 Å². The summed E-state index contributed by atoms with van der Waals surface area (Å²) in [5, 5.41) is 20.8. The van der Waals surface area contributed by atoms with E-state index in [1.54, 1.807) is 25.3 Å². The van der Waals surface area contributed by atoms with E-state index in [0.29, 0.717) is 17.4 Å². The number of anilines is 1. The third-order valence-corrected chi connectivity index (χ3v) is 9.12. The number of aryl methyl sites for hydroxylation is 1. The molecule has 2 heterocycles. The Hall–Kier alpha value is -1.81. The number of aliphatic hydroxyl groups is 1. The smallest absolute Gasteiger partial charge is 0.354 e. The molecule has 0 saturated heterocycles. The van der Waals surface area contributed by atoms with Gasteiger partial charge in [-0.25, -0.2) is 14.1 Å². The predicted molar refractivity (Wildman–Crippen MR) is 122 cm³/mol. The van der Waals surface area contributed by atoms with Crippen LogP contribution in [-0.4, -0.2) is 20.3 Å². The summed E-state index contributed by atoms with van der Waals surface area (Å²) in [6, 6.07) is 0.879. The largest absolute Gasteiger partial charge is 0.386 e. The molecule has 9 heteroatoms. The van der Waals surface area contributed by atoms with Gasteiger partial charge in [0, 0.05) is 22.9 Å². The van der Waals surface area contributed by atoms with E-state index in [9.17, 15) is 14.1 Å². The van der Waals surface area contributed by atoms with Gasteiger partial charge in [-0.3, -0.25) is 4.98 Å². The summed E-state index contributed by atoms with van der Waals surface area (Å²) < 4.78 is 17.2. The molecule has 5 rings (SSSR count). The molecule has 3 aliphatic carbocycles. The maximum atomic E-state index is 13.0. The van der Waals surface area contributed by atoms with Crippen LogP contribution in [0, 0.1) is 0 Å². The Bertz CT molecular complexity index is 1180. The summed E-state index contributed by atoms with van der Waals surface area (Å²) in [6.45, 7) is 3.28. The minimum Gasteiger partial charge on any atom is -0.386 e. The Morgan fingerprint density at radius 2 is 2.00 bits per heavy atom. The van der Waals surface area contributed by atoms with E-state index in [1.807, 2.05) is 0 Å². The second-order valence-corrected chi connectivity index (χ2v) is 12.3. The van der Waals surface area contributed by atoms with Crippen molar-refractivity contribution in [3.8, 4) is 0 Å². The van der Waals surface area contributed by atoms with Gasteiger partial charge in [-0.1, -0.05) is 0 Å². The number of nitrogens with two attached hydrogens (primary N) is 1. The normalized spacial score (nSPS) is 20.3. The maximum Gasteiger partial charge on any atom is 0.354 e. The van der Waals surface area contributed by atoms with Gasteiger partial charge >= 0.3 is 6.03 Å². The fourth-order valence-electron chi connectivity index (χ4n) is 4.30. The number of carbonyl (C=O) groups is 1. The van der Waals surface area contributed by atoms with Crippen molar-refractivity contribution in [3.05, 3.63) is 39.5 Å². The van der Waals surface area contributed by atoms with Crippen molar-refractivity contribution in [3.63, 3.8) is 0 Å². The van der Waals surface area contributed by atoms with Crippen LogP contribution in [0.2, 0.25) is 0 Å². The van der Waals surface area contributed by atoms with Crippen LogP contribution in [0.5, 0.6) is 0 Å². The van der Waals surface area contributed by atoms with E-state index >= 15 is 0 Å². The second-order valence-electron chi connectivity index (χ2n) is 9.42. The SMILES string of the molecule is CC(C)(O)c1csc([S@@](N)(=O)=NC(=O)Nc2c3c(nc(C4CC4)c2C2CC2)CCC3)c1. The zero-order valence-corrected chi connectivity index (χ0v) is 19.4. The summed E-state index contributed by atoms with van der Waals surface area (Å²) in [7, 11) is -3.41. The number of nitrogens with zero attached hydrogens (tertiary/aromatic N) is 2. The molecule has 1 atom stereocenters. The number of aromatic nitrogens is 1. The lowest BCUT2D eigenvalue weighted by Gasteiger charge is -2.18. The molecule has 4 N–H and O–H groups in total. The minimum absolute atomic E-state index is 0.279. The number of nitrogens with one attached hydrogen (secondary N) is 1. The fourth-order valence-corrected chi connectivity index (χ4v) is 6.58. The average molecular weight is 461 g/mol. The molecule has 0 spiro atoms. The monoisotopic (exact) mass is 460 g/mol. The van der Waals surface area contributed by atoms with Gasteiger partial charge in [0.25, 0.3) is 0 Å². The minimum atomic E-state index is -3.41. The number of amides is 2. The maximum absolute atomic E-state index is 13.0. The topological polar surface area (TPSA) is 118 Å². The van der Waals surface area contributed by atoms with E-state index in [0.717, 1.165) is 78.9 Å². The van der Waals surface area contributed by atoms with Crippen molar-refractivity contribution in [2.45, 2.75) is 80.4 Å². The Labute approximate surface area is 186 Å². The summed E-state index contributed by atoms with van der Waals surface area (Å²) in [6.07, 6.45) is 7.39. The number of hydrogen-bond donors (Lipinski definition) is 3. The van der Waals surface area contributed by atoms with Crippen LogP contribution in [0.15, 0.2) is 20.0 Å². The zero-order chi connectivity index (χ0) is 22.0. The molecular formula is C22H28N4O3S2. The van der Waals surface area contributed by atoms with Crippen LogP contribution in [0.4, 0.5) is 10.5 Å². The number of pyridine rings is 1. The summed E-state index contributed by atoms with van der Waals surface area (Å²) in [4.78, 5) is 17.9. The fraction of sp³-hybridized carbons (Fsp3) is 0.545. The Morgan fingerprint density at radius 3 is 2.61 bits per heavy atom. The molecule has 31 heavy (non-hydrogen) atoms. The van der Waals surface area contributed by atoms with Crippen LogP contribution in [0.1, 0.15) is 85.9 Å². The molecule has 2 saturated carbocycles. The number of urea groups is 1. The predicted octanol–water partition coefficient (Wildman–Crippen LogP) is 4.55. The summed E-state index contributed by atoms with van der Waals surface area (Å²) in [5.74, 6) is 0.942. The third-order valence-electron chi connectivity index (χ3n) is 6.26. The van der Waals surface area contributed by atoms with Crippen LogP contribution < -0.4 is 10.5 Å². The van der Waals surface area contributed by atoms with Crippen LogP contribution in [-0.2, 0) is 28.4 Å². The molecule has 0 radical (unpaired) electrons. The Kier molecular flexibility index (Phi) is 5.00. The first-order valence-electron chi connectivity index (χ1n) is 10.9. The van der Waals surface area contributed by atoms with Gasteiger partial charge in [-0.15, -0.1) is 15.7 Å². The van der Waals surface area contributed by atoms with Crippen LogP contribution in [0.25, 0.3) is 0 Å². The van der Waals surface area contributed by atoms with E-state index in [-0.39, 0.29) is 4.21 Å². The molecule has 166 valence electrons. The van der Waals surface area contributed by atoms with Crippen LogP contribution >= 0.6 is 11.3 Å². The van der Waals surface area contributed by atoms with Crippen molar-refractivity contribution in [1.29, 1.82) is 0 Å². The highest BCUT2D eigenvalue weighted by atomic mass is 32.2. The first kappa shape index (κ1) is 21.1. The van der Waals surface area contributed by atoms with Gasteiger partial charge < -0.3 is 10.4 Å². The van der Waals surface area contributed by atoms with Crippen molar-refractivity contribution in [1.82, 2.24) is 4.98 Å². The number of thiophene rings is 1. The highest BCUT2D eigenvalue weighted by molar-refractivity contribution is 7.93. The Balaban J connectivity index is 1.49. The molecule has 7 nitrogen and oxygen atoms in total. The quantitative estimate of drug-likeness (QED) is 0.607. The van der Waals surface area contributed by atoms with Gasteiger partial charge in [-0.05, 0) is 87.3 Å². The molecule has 2 aromatic heterocycles. The van der Waals surface area contributed by atoms with E-state index in [1.165, 1.54) is 5.56 Å². The van der Waals surface area contributed by atoms with Crippen LogP contribution in [0.3, 0.4) is 0 Å². The van der Waals surface area contributed by atoms with Gasteiger partial charge in [0.15, 0.2) is 9.92 Å². The molecule has 2 aromatic rings. The van der Waals surface area contributed by atoms with Gasteiger partial charge in [0.1, 0.15) is 4.21 Å². The van der Waals surface area contributed by atoms with E-state index < -0.39 is 21.5 Å². The first-order chi connectivity index (χ1) is 14.6. The number of rotatable bonds is 5. The van der Waals surface area contributed by atoms with Crippen molar-refractivity contribution in [2.24, 2.45) is 9.50 Å². The third kappa shape index (κ3) is 4.16. The van der Waals surface area contributed by atoms with Crippen molar-refractivity contribution in [2.75, 3.05) is 5.32 Å². The highest BCUT2D eigenvalue weighted by Crippen LogP contribution is 2.53. The van der Waals surface area contributed by atoms with Crippen molar-refractivity contribution >= 4 is 33.0 Å². The lowest BCUT2D eigenvalue weighted by Crippen LogP contribution is -2.19. The summed E-state index contributed by atoms with van der Waals surface area (Å²) >= 11 is 1.14. The molecule has 0 unspecified atom stereocenters. The zero-order valence-electron chi connectivity index (χ0n) is 17.8. The number of hydrogen-bond acceptors (Lipinski definition) is 5. The molecule has 0 aromatic carbocycles. The highest BCUT2D eigenvalue weighted by Gasteiger charge is 2.38. The molecule has 0 aliphatic heterocycles. The molecule has 2 amide bonds. The molecule has 2 fully saturated rings. The van der Waals surface area contributed by atoms with Gasteiger partial charge in [0.05, 0.1) is 11.3 Å². The molecule has 0 bridgehead atoms. The molecular weight excluding hydrogens is 432 g/mol. The Morgan fingerprint density at radius 1 is 1.29 bits per heavy atom. The van der Waals surface area contributed by atoms with E-state index in [2.05, 4.69) is 9.68 Å². The summed E-state index contributed by atoms with van der Waals surface area (Å²) in [5.41, 5.74) is 4.89. The van der Waals surface area contributed by atoms with E-state index in [4.69, 9.17) is 10.1 Å². The van der Waals surface area contributed by atoms with Gasteiger partial charge in [0.2, 0.25) is 0 Å². The second kappa shape index (κ2) is 7.37. The lowest BCUT2D eigenvalue weighted by atomic mass is 9.98. The number of fused-ring (bicyclic) bond motifs is 1. The standard InChI is InChI=1S/C22H28N4O3S2/c1-22(2,28)14-10-17(30-11-14)31(23,29)26-21(27)25-20-15-4-3-5-16(15)24-19(13-8-9-13)18(20)12-6-7-12/h10-13,28H,3-9H2,1-2H3,(H3,23,24,25,26,27,29)/t31-/m0/s1. The lowest BCUT2D eigenvalue weighted by molar-refractivity contribution is 0.0789.